The van der Waals surface area contributed by atoms with E-state index in [0.717, 1.165) is 16.4 Å². The van der Waals surface area contributed by atoms with Crippen LogP contribution in [0.2, 0.25) is 5.02 Å². The van der Waals surface area contributed by atoms with Gasteiger partial charge in [-0.1, -0.05) is 48.9 Å². The van der Waals surface area contributed by atoms with E-state index in [9.17, 15) is 22.4 Å². The Hall–Kier alpha value is -3.63. The van der Waals surface area contributed by atoms with E-state index in [1.165, 1.54) is 30.2 Å². The predicted molar refractivity (Wildman–Crippen MR) is 153 cm³/mol. The molecule has 0 aliphatic rings. The number of hydrogen-bond donors (Lipinski definition) is 1. The van der Waals surface area contributed by atoms with Crippen LogP contribution >= 0.6 is 11.6 Å². The first-order valence-electron chi connectivity index (χ1n) is 12.7. The van der Waals surface area contributed by atoms with Crippen molar-refractivity contribution in [1.82, 2.24) is 10.2 Å². The zero-order chi connectivity index (χ0) is 29.4. The molecule has 1 atom stereocenters. The maximum atomic E-state index is 14.0. The molecule has 8 nitrogen and oxygen atoms in total. The molecule has 0 spiro atoms. The molecule has 3 aromatic rings. The summed E-state index contributed by atoms with van der Waals surface area (Å²) in [6.45, 7) is 4.75. The number of nitrogens with zero attached hydrogens (tertiary/aromatic N) is 2. The van der Waals surface area contributed by atoms with Gasteiger partial charge in [-0.15, -0.1) is 0 Å². The van der Waals surface area contributed by atoms with Gasteiger partial charge in [0.15, 0.2) is 0 Å². The van der Waals surface area contributed by atoms with Crippen molar-refractivity contribution in [2.45, 2.75) is 50.7 Å². The number of sulfonamides is 1. The molecule has 11 heteroatoms. The molecule has 0 fully saturated rings. The molecule has 40 heavy (non-hydrogen) atoms. The van der Waals surface area contributed by atoms with Crippen molar-refractivity contribution in [3.05, 3.63) is 89.2 Å². The fourth-order valence-electron chi connectivity index (χ4n) is 4.16. The van der Waals surface area contributed by atoms with Crippen molar-refractivity contribution in [3.63, 3.8) is 0 Å². The average Bonchev–Trinajstić information content (AvgIpc) is 2.93. The van der Waals surface area contributed by atoms with E-state index >= 15 is 0 Å². The monoisotopic (exact) mass is 589 g/mol. The van der Waals surface area contributed by atoms with Crippen LogP contribution in [0, 0.1) is 5.82 Å². The van der Waals surface area contributed by atoms with Crippen LogP contribution < -0.4 is 14.4 Å². The second kappa shape index (κ2) is 13.6. The number of carbonyl (C=O) groups excluding carboxylic acids is 2. The summed E-state index contributed by atoms with van der Waals surface area (Å²) >= 11 is 6.00. The summed E-state index contributed by atoms with van der Waals surface area (Å²) in [5, 5.41) is 2.55. The van der Waals surface area contributed by atoms with Crippen LogP contribution in [0.25, 0.3) is 0 Å². The van der Waals surface area contributed by atoms with Crippen molar-refractivity contribution in [1.29, 1.82) is 0 Å². The molecule has 3 aromatic carbocycles. The van der Waals surface area contributed by atoms with Gasteiger partial charge < -0.3 is 15.0 Å². The molecule has 0 aliphatic heterocycles. The Balaban J connectivity index is 2.08. The Morgan fingerprint density at radius 1 is 1.02 bits per heavy atom. The van der Waals surface area contributed by atoms with Crippen molar-refractivity contribution < 1.29 is 27.1 Å². The highest BCUT2D eigenvalue weighted by Crippen LogP contribution is 2.28. The summed E-state index contributed by atoms with van der Waals surface area (Å²) < 4.78 is 47.7. The molecule has 1 unspecified atom stereocenters. The number of nitrogens with one attached hydrogen (secondary N) is 1. The zero-order valence-electron chi connectivity index (χ0n) is 22.8. The highest BCUT2D eigenvalue weighted by atomic mass is 35.5. The lowest BCUT2D eigenvalue weighted by atomic mass is 10.1. The van der Waals surface area contributed by atoms with Gasteiger partial charge in [0.25, 0.3) is 10.0 Å². The van der Waals surface area contributed by atoms with Gasteiger partial charge in [0.2, 0.25) is 11.8 Å². The van der Waals surface area contributed by atoms with Gasteiger partial charge in [-0.2, -0.15) is 0 Å². The molecule has 0 radical (unpaired) electrons. The molecule has 0 saturated carbocycles. The molecular weight excluding hydrogens is 557 g/mol. The molecule has 1 N–H and O–H groups in total. The van der Waals surface area contributed by atoms with E-state index < -0.39 is 34.3 Å². The largest absolute Gasteiger partial charge is 0.497 e. The van der Waals surface area contributed by atoms with E-state index in [-0.39, 0.29) is 40.5 Å². The highest BCUT2D eigenvalue weighted by Gasteiger charge is 2.34. The van der Waals surface area contributed by atoms with Crippen molar-refractivity contribution in [2.75, 3.05) is 18.0 Å². The second-order valence-electron chi connectivity index (χ2n) is 9.38. The summed E-state index contributed by atoms with van der Waals surface area (Å²) in [5.74, 6) is -1.16. The van der Waals surface area contributed by atoms with Crippen LogP contribution in [0.15, 0.2) is 77.7 Å². The van der Waals surface area contributed by atoms with E-state index in [1.54, 1.807) is 49.4 Å². The van der Waals surface area contributed by atoms with Gasteiger partial charge in [0.1, 0.15) is 24.2 Å². The van der Waals surface area contributed by atoms with E-state index in [0.29, 0.717) is 11.3 Å². The number of hydrogen-bond acceptors (Lipinski definition) is 5. The Morgan fingerprint density at radius 2 is 1.73 bits per heavy atom. The maximum absolute atomic E-state index is 14.0. The van der Waals surface area contributed by atoms with Gasteiger partial charge in [-0.25, -0.2) is 12.8 Å². The van der Waals surface area contributed by atoms with Crippen molar-refractivity contribution in [2.24, 2.45) is 0 Å². The first-order chi connectivity index (χ1) is 19.0. The van der Waals surface area contributed by atoms with Crippen LogP contribution in [0.5, 0.6) is 5.75 Å². The number of anilines is 1. The normalized spacial score (nSPS) is 12.1. The Kier molecular flexibility index (Phi) is 10.5. The maximum Gasteiger partial charge on any atom is 0.264 e. The Morgan fingerprint density at radius 3 is 2.33 bits per heavy atom. The zero-order valence-corrected chi connectivity index (χ0v) is 24.4. The van der Waals surface area contributed by atoms with Crippen LogP contribution in [0.1, 0.15) is 32.8 Å². The van der Waals surface area contributed by atoms with E-state index in [4.69, 9.17) is 16.3 Å². The van der Waals surface area contributed by atoms with Crippen LogP contribution in [0.4, 0.5) is 10.1 Å². The number of rotatable bonds is 12. The summed E-state index contributed by atoms with van der Waals surface area (Å²) in [6, 6.07) is 17.0. The van der Waals surface area contributed by atoms with Gasteiger partial charge in [-0.3, -0.25) is 13.9 Å². The summed E-state index contributed by atoms with van der Waals surface area (Å²) in [5.41, 5.74) is 0.690. The second-order valence-corrected chi connectivity index (χ2v) is 11.7. The highest BCUT2D eigenvalue weighted by molar-refractivity contribution is 7.92. The number of methoxy groups -OCH3 is 1. The van der Waals surface area contributed by atoms with Crippen LogP contribution in [-0.4, -0.2) is 50.9 Å². The number of ether oxygens (including phenoxy) is 1. The fraction of sp³-hybridized carbons (Fsp3) is 0.310. The van der Waals surface area contributed by atoms with E-state index in [2.05, 4.69) is 5.32 Å². The minimum absolute atomic E-state index is 0.00427. The lowest BCUT2D eigenvalue weighted by molar-refractivity contribution is -0.140. The Labute approximate surface area is 239 Å². The first-order valence-corrected chi connectivity index (χ1v) is 14.5. The standard InChI is InChI=1S/C29H33ClFN3O5S/c1-5-27(29(36)32-20(2)3)33(18-21-10-9-11-23(16-21)39-4)28(35)19-34(22-14-15-26(31)25(30)17-22)40(37,38)24-12-7-6-8-13-24/h6-17,20,27H,5,18-19H2,1-4H3,(H,32,36). The van der Waals surface area contributed by atoms with Crippen molar-refractivity contribution in [3.8, 4) is 5.75 Å². The molecule has 0 heterocycles. The third-order valence-corrected chi connectivity index (χ3v) is 8.18. The van der Waals surface area contributed by atoms with Crippen LogP contribution in [-0.2, 0) is 26.2 Å². The molecule has 0 bridgehead atoms. The minimum atomic E-state index is -4.28. The molecule has 0 saturated heterocycles. The molecule has 3 rings (SSSR count). The molecule has 214 valence electrons. The first kappa shape index (κ1) is 30.9. The lowest BCUT2D eigenvalue weighted by Crippen LogP contribution is -2.53. The topological polar surface area (TPSA) is 96.0 Å². The van der Waals surface area contributed by atoms with Crippen LogP contribution in [0.3, 0.4) is 0 Å². The smallest absolute Gasteiger partial charge is 0.264 e. The lowest BCUT2D eigenvalue weighted by Gasteiger charge is -2.33. The molecular formula is C29H33ClFN3O5S. The quantitative estimate of drug-likeness (QED) is 0.320. The molecule has 0 aliphatic carbocycles. The number of halogens is 2. The summed E-state index contributed by atoms with van der Waals surface area (Å²) in [4.78, 5) is 28.5. The number of amides is 2. The van der Waals surface area contributed by atoms with E-state index in [1.807, 2.05) is 13.8 Å². The number of benzene rings is 3. The minimum Gasteiger partial charge on any atom is -0.497 e. The fourth-order valence-corrected chi connectivity index (χ4v) is 5.76. The molecule has 2 amide bonds. The summed E-state index contributed by atoms with van der Waals surface area (Å²) in [6.07, 6.45) is 0.280. The van der Waals surface area contributed by atoms with Gasteiger partial charge in [0.05, 0.1) is 22.7 Å². The predicted octanol–water partition coefficient (Wildman–Crippen LogP) is 5.02. The SMILES string of the molecule is CCC(C(=O)NC(C)C)N(Cc1cccc(OC)c1)C(=O)CN(c1ccc(F)c(Cl)c1)S(=O)(=O)c1ccccc1. The Bertz CT molecular complexity index is 1440. The van der Waals surface area contributed by atoms with Gasteiger partial charge in [-0.05, 0) is 68.3 Å². The number of carbonyl (C=O) groups is 2. The third-order valence-electron chi connectivity index (χ3n) is 6.11. The van der Waals surface area contributed by atoms with Gasteiger partial charge in [0, 0.05) is 12.6 Å². The summed E-state index contributed by atoms with van der Waals surface area (Å²) in [7, 11) is -2.76. The molecule has 0 aromatic heterocycles. The third kappa shape index (κ3) is 7.51. The average molecular weight is 590 g/mol. The van der Waals surface area contributed by atoms with Gasteiger partial charge >= 0.3 is 0 Å². The van der Waals surface area contributed by atoms with Crippen molar-refractivity contribution >= 4 is 39.1 Å².